The van der Waals surface area contributed by atoms with Crippen LogP contribution in [-0.2, 0) is 9.47 Å². The summed E-state index contributed by atoms with van der Waals surface area (Å²) in [6.45, 7) is 3.03. The molecule has 2 aliphatic rings. The van der Waals surface area contributed by atoms with Crippen LogP contribution in [0.1, 0.15) is 25.7 Å². The lowest BCUT2D eigenvalue weighted by Gasteiger charge is -2.24. The van der Waals surface area contributed by atoms with Crippen molar-refractivity contribution in [3.8, 4) is 0 Å². The first-order valence-corrected chi connectivity index (χ1v) is 5.94. The summed E-state index contributed by atoms with van der Waals surface area (Å²) in [6, 6.07) is 0. The Balaban J connectivity index is 1.57. The minimum atomic E-state index is -0.0897. The topological polar surface area (TPSA) is 50.7 Å². The second-order valence-corrected chi connectivity index (χ2v) is 4.52. The number of hydrogen-bond acceptors (Lipinski definition) is 4. The highest BCUT2D eigenvalue weighted by Crippen LogP contribution is 2.24. The molecule has 2 N–H and O–H groups in total. The highest BCUT2D eigenvalue weighted by molar-refractivity contribution is 4.78. The summed E-state index contributed by atoms with van der Waals surface area (Å²) in [7, 11) is 0. The molecule has 2 rings (SSSR count). The molecule has 0 spiro atoms. The Morgan fingerprint density at radius 1 is 1.20 bits per heavy atom. The number of rotatable bonds is 4. The van der Waals surface area contributed by atoms with Gasteiger partial charge in [0.25, 0.3) is 0 Å². The van der Waals surface area contributed by atoms with E-state index in [1.165, 1.54) is 6.42 Å². The van der Waals surface area contributed by atoms with Crippen LogP contribution in [0.25, 0.3) is 0 Å². The number of nitrogens with one attached hydrogen (secondary N) is 1. The predicted octanol–water partition coefficient (Wildman–Crippen LogP) is 0.500. The molecular formula is C11H21NO3. The first kappa shape index (κ1) is 11.3. The van der Waals surface area contributed by atoms with E-state index < -0.39 is 0 Å². The molecule has 3 unspecified atom stereocenters. The van der Waals surface area contributed by atoms with Gasteiger partial charge in [0.05, 0.1) is 18.8 Å². The van der Waals surface area contributed by atoms with Crippen LogP contribution in [-0.4, -0.2) is 43.8 Å². The van der Waals surface area contributed by atoms with Gasteiger partial charge in [-0.1, -0.05) is 6.42 Å². The van der Waals surface area contributed by atoms with Crippen LogP contribution in [0.15, 0.2) is 0 Å². The van der Waals surface area contributed by atoms with E-state index in [4.69, 9.17) is 9.47 Å². The molecular weight excluding hydrogens is 194 g/mol. The van der Waals surface area contributed by atoms with Gasteiger partial charge in [-0.3, -0.25) is 0 Å². The van der Waals surface area contributed by atoms with E-state index >= 15 is 0 Å². The zero-order valence-corrected chi connectivity index (χ0v) is 9.15. The van der Waals surface area contributed by atoms with Gasteiger partial charge < -0.3 is 19.9 Å². The molecule has 4 heteroatoms. The second kappa shape index (κ2) is 5.80. The SMILES string of the molecule is OC1CCCC1CNCC1CCOCO1. The van der Waals surface area contributed by atoms with Crippen LogP contribution in [0, 0.1) is 5.92 Å². The molecule has 88 valence electrons. The predicted molar refractivity (Wildman–Crippen MR) is 56.5 cm³/mol. The first-order valence-electron chi connectivity index (χ1n) is 5.94. The molecule has 1 aliphatic heterocycles. The van der Waals surface area contributed by atoms with E-state index in [0.717, 1.165) is 39.0 Å². The van der Waals surface area contributed by atoms with E-state index in [1.54, 1.807) is 0 Å². The lowest BCUT2D eigenvalue weighted by atomic mass is 10.1. The Morgan fingerprint density at radius 2 is 2.13 bits per heavy atom. The second-order valence-electron chi connectivity index (χ2n) is 4.52. The summed E-state index contributed by atoms with van der Waals surface area (Å²) in [5, 5.41) is 13.0. The molecule has 0 amide bonds. The summed E-state index contributed by atoms with van der Waals surface area (Å²) in [4.78, 5) is 0. The summed E-state index contributed by atoms with van der Waals surface area (Å²) in [5.41, 5.74) is 0. The monoisotopic (exact) mass is 215 g/mol. The van der Waals surface area contributed by atoms with Gasteiger partial charge in [0.2, 0.25) is 0 Å². The van der Waals surface area contributed by atoms with Gasteiger partial charge in [0.1, 0.15) is 6.79 Å². The molecule has 0 bridgehead atoms. The van der Waals surface area contributed by atoms with Crippen LogP contribution in [0.3, 0.4) is 0 Å². The van der Waals surface area contributed by atoms with Gasteiger partial charge in [-0.2, -0.15) is 0 Å². The average molecular weight is 215 g/mol. The smallest absolute Gasteiger partial charge is 0.147 e. The number of aliphatic hydroxyl groups excluding tert-OH is 1. The maximum absolute atomic E-state index is 9.63. The Kier molecular flexibility index (Phi) is 4.38. The average Bonchev–Trinajstić information content (AvgIpc) is 2.66. The number of aliphatic hydroxyl groups is 1. The van der Waals surface area contributed by atoms with Crippen molar-refractivity contribution in [2.45, 2.75) is 37.9 Å². The fourth-order valence-electron chi connectivity index (χ4n) is 2.35. The lowest BCUT2D eigenvalue weighted by molar-refractivity contribution is -0.137. The number of ether oxygens (including phenoxy) is 2. The lowest BCUT2D eigenvalue weighted by Crippen LogP contribution is -2.37. The summed E-state index contributed by atoms with van der Waals surface area (Å²) in [6.07, 6.45) is 4.47. The summed E-state index contributed by atoms with van der Waals surface area (Å²) >= 11 is 0. The van der Waals surface area contributed by atoms with E-state index in [-0.39, 0.29) is 12.2 Å². The van der Waals surface area contributed by atoms with E-state index in [2.05, 4.69) is 5.32 Å². The van der Waals surface area contributed by atoms with Crippen LogP contribution in [0.5, 0.6) is 0 Å². The molecule has 0 aromatic rings. The van der Waals surface area contributed by atoms with Crippen LogP contribution >= 0.6 is 0 Å². The maximum Gasteiger partial charge on any atom is 0.147 e. The van der Waals surface area contributed by atoms with Gasteiger partial charge >= 0.3 is 0 Å². The van der Waals surface area contributed by atoms with Crippen molar-refractivity contribution in [2.75, 3.05) is 26.5 Å². The third kappa shape index (κ3) is 3.41. The zero-order chi connectivity index (χ0) is 10.5. The van der Waals surface area contributed by atoms with Crippen molar-refractivity contribution < 1.29 is 14.6 Å². The molecule has 15 heavy (non-hydrogen) atoms. The molecule has 4 nitrogen and oxygen atoms in total. The van der Waals surface area contributed by atoms with Gasteiger partial charge in [-0.15, -0.1) is 0 Å². The van der Waals surface area contributed by atoms with Gasteiger partial charge in [0.15, 0.2) is 0 Å². The quantitative estimate of drug-likeness (QED) is 0.717. The number of hydrogen-bond donors (Lipinski definition) is 2. The van der Waals surface area contributed by atoms with Gasteiger partial charge in [-0.25, -0.2) is 0 Å². The third-order valence-electron chi connectivity index (χ3n) is 3.37. The molecule has 1 saturated heterocycles. The Morgan fingerprint density at radius 3 is 2.80 bits per heavy atom. The molecule has 1 heterocycles. The van der Waals surface area contributed by atoms with Crippen molar-refractivity contribution in [3.05, 3.63) is 0 Å². The third-order valence-corrected chi connectivity index (χ3v) is 3.37. The standard InChI is InChI=1S/C11H21NO3/c13-11-3-1-2-9(11)6-12-7-10-4-5-14-8-15-10/h9-13H,1-8H2. The van der Waals surface area contributed by atoms with Crippen molar-refractivity contribution in [3.63, 3.8) is 0 Å². The van der Waals surface area contributed by atoms with E-state index in [9.17, 15) is 5.11 Å². The summed E-state index contributed by atoms with van der Waals surface area (Å²) < 4.78 is 10.5. The molecule has 1 aliphatic carbocycles. The molecule has 1 saturated carbocycles. The van der Waals surface area contributed by atoms with Crippen LogP contribution in [0.2, 0.25) is 0 Å². The molecule has 3 atom stereocenters. The Hall–Kier alpha value is -0.160. The van der Waals surface area contributed by atoms with Crippen LogP contribution in [0.4, 0.5) is 0 Å². The van der Waals surface area contributed by atoms with Crippen molar-refractivity contribution >= 4 is 0 Å². The molecule has 0 radical (unpaired) electrons. The van der Waals surface area contributed by atoms with E-state index in [1.807, 2.05) is 0 Å². The van der Waals surface area contributed by atoms with Crippen molar-refractivity contribution in [1.82, 2.24) is 5.32 Å². The fraction of sp³-hybridized carbons (Fsp3) is 1.00. The minimum Gasteiger partial charge on any atom is -0.393 e. The fourth-order valence-corrected chi connectivity index (χ4v) is 2.35. The largest absolute Gasteiger partial charge is 0.393 e. The maximum atomic E-state index is 9.63. The minimum absolute atomic E-state index is 0.0897. The zero-order valence-electron chi connectivity index (χ0n) is 9.15. The first-order chi connectivity index (χ1) is 7.36. The highest BCUT2D eigenvalue weighted by Gasteiger charge is 2.25. The normalized spacial score (nSPS) is 37.0. The van der Waals surface area contributed by atoms with Crippen molar-refractivity contribution in [1.29, 1.82) is 0 Å². The van der Waals surface area contributed by atoms with E-state index in [0.29, 0.717) is 12.7 Å². The van der Waals surface area contributed by atoms with Gasteiger partial charge in [-0.05, 0) is 25.2 Å². The van der Waals surface area contributed by atoms with Crippen LogP contribution < -0.4 is 5.32 Å². The molecule has 2 fully saturated rings. The molecule has 0 aromatic heterocycles. The van der Waals surface area contributed by atoms with Crippen molar-refractivity contribution in [2.24, 2.45) is 5.92 Å². The Bertz CT molecular complexity index is 183. The Labute approximate surface area is 90.9 Å². The molecule has 0 aromatic carbocycles. The highest BCUT2D eigenvalue weighted by atomic mass is 16.7. The summed E-state index contributed by atoms with van der Waals surface area (Å²) in [5.74, 6) is 0.449. The van der Waals surface area contributed by atoms with Gasteiger partial charge in [0, 0.05) is 13.1 Å².